The smallest absolute Gasteiger partial charge is 0.259 e. The van der Waals surface area contributed by atoms with Gasteiger partial charge in [-0.3, -0.25) is 4.40 Å². The van der Waals surface area contributed by atoms with Crippen LogP contribution in [0.3, 0.4) is 0 Å². The van der Waals surface area contributed by atoms with Gasteiger partial charge in [0.05, 0.1) is 6.33 Å². The maximum atomic E-state index is 12.3. The Bertz CT molecular complexity index is 821. The Hall–Kier alpha value is -1.42. The molecule has 3 rings (SSSR count). The first-order chi connectivity index (χ1) is 9.58. The SMILES string of the molecule is O=S(=O)(NCCn1ccnc1)c1c(Cl)nc2sccn12. The van der Waals surface area contributed by atoms with Crippen LogP contribution in [0.15, 0.2) is 35.3 Å². The first-order valence-corrected chi connectivity index (χ1v) is 8.38. The normalized spacial score (nSPS) is 12.2. The molecule has 0 bridgehead atoms. The Morgan fingerprint density at radius 1 is 1.40 bits per heavy atom. The Balaban J connectivity index is 1.81. The number of nitrogens with one attached hydrogen (secondary N) is 1. The van der Waals surface area contributed by atoms with Crippen molar-refractivity contribution in [2.75, 3.05) is 6.54 Å². The number of sulfonamides is 1. The van der Waals surface area contributed by atoms with E-state index >= 15 is 0 Å². The summed E-state index contributed by atoms with van der Waals surface area (Å²) in [4.78, 5) is 8.44. The Morgan fingerprint density at radius 3 is 3.00 bits per heavy atom. The van der Waals surface area contributed by atoms with Crippen molar-refractivity contribution in [2.45, 2.75) is 11.6 Å². The van der Waals surface area contributed by atoms with E-state index in [1.165, 1.54) is 15.7 Å². The molecule has 0 spiro atoms. The van der Waals surface area contributed by atoms with E-state index in [0.717, 1.165) is 0 Å². The predicted molar refractivity (Wildman–Crippen MR) is 75.5 cm³/mol. The van der Waals surface area contributed by atoms with Crippen molar-refractivity contribution in [1.82, 2.24) is 23.7 Å². The average Bonchev–Trinajstić information content (AvgIpc) is 3.04. The number of aromatic nitrogens is 4. The van der Waals surface area contributed by atoms with E-state index in [-0.39, 0.29) is 16.7 Å². The fourth-order valence-electron chi connectivity index (χ4n) is 1.78. The summed E-state index contributed by atoms with van der Waals surface area (Å²) in [6.45, 7) is 0.731. The highest BCUT2D eigenvalue weighted by atomic mass is 35.5. The number of fused-ring (bicyclic) bond motifs is 1. The first kappa shape index (κ1) is 13.6. The second kappa shape index (κ2) is 5.17. The molecule has 0 fully saturated rings. The largest absolute Gasteiger partial charge is 0.336 e. The van der Waals surface area contributed by atoms with Gasteiger partial charge >= 0.3 is 0 Å². The highest BCUT2D eigenvalue weighted by Gasteiger charge is 2.24. The van der Waals surface area contributed by atoms with Gasteiger partial charge in [0.25, 0.3) is 10.0 Å². The van der Waals surface area contributed by atoms with Crippen LogP contribution < -0.4 is 4.72 Å². The van der Waals surface area contributed by atoms with Crippen molar-refractivity contribution >= 4 is 37.9 Å². The van der Waals surface area contributed by atoms with Gasteiger partial charge in [0, 0.05) is 37.1 Å². The highest BCUT2D eigenvalue weighted by Crippen LogP contribution is 2.24. The van der Waals surface area contributed by atoms with E-state index in [2.05, 4.69) is 14.7 Å². The van der Waals surface area contributed by atoms with E-state index in [1.807, 2.05) is 0 Å². The van der Waals surface area contributed by atoms with Gasteiger partial charge in [-0.05, 0) is 0 Å². The Morgan fingerprint density at radius 2 is 2.25 bits per heavy atom. The van der Waals surface area contributed by atoms with Gasteiger partial charge in [0.15, 0.2) is 15.1 Å². The Labute approximate surface area is 123 Å². The van der Waals surface area contributed by atoms with Gasteiger partial charge in [0.1, 0.15) is 0 Å². The maximum absolute atomic E-state index is 12.3. The number of halogens is 1. The summed E-state index contributed by atoms with van der Waals surface area (Å²) >= 11 is 7.24. The number of nitrogens with zero attached hydrogens (tertiary/aromatic N) is 4. The summed E-state index contributed by atoms with van der Waals surface area (Å²) in [6, 6.07) is 0. The van der Waals surface area contributed by atoms with Crippen molar-refractivity contribution in [3.8, 4) is 0 Å². The van der Waals surface area contributed by atoms with Crippen LogP contribution in [0.1, 0.15) is 0 Å². The molecule has 3 aromatic rings. The molecule has 3 heterocycles. The molecule has 7 nitrogen and oxygen atoms in total. The molecular weight excluding hydrogens is 322 g/mol. The molecule has 1 N–H and O–H groups in total. The molecule has 0 amide bonds. The molecule has 0 radical (unpaired) electrons. The molecule has 0 atom stereocenters. The van der Waals surface area contributed by atoms with Crippen LogP contribution in [-0.4, -0.2) is 33.9 Å². The van der Waals surface area contributed by atoms with Crippen LogP contribution in [0.25, 0.3) is 4.96 Å². The summed E-state index contributed by atoms with van der Waals surface area (Å²) in [5.41, 5.74) is 0. The molecule has 0 saturated carbocycles. The first-order valence-electron chi connectivity index (χ1n) is 5.64. The fraction of sp³-hybridized carbons (Fsp3) is 0.200. The summed E-state index contributed by atoms with van der Waals surface area (Å²) < 4.78 is 30.3. The molecule has 0 unspecified atom stereocenters. The van der Waals surface area contributed by atoms with E-state index < -0.39 is 10.0 Å². The van der Waals surface area contributed by atoms with Gasteiger partial charge < -0.3 is 4.57 Å². The van der Waals surface area contributed by atoms with Gasteiger partial charge in [-0.2, -0.15) is 0 Å². The van der Waals surface area contributed by atoms with E-state index in [9.17, 15) is 8.42 Å². The average molecular weight is 332 g/mol. The van der Waals surface area contributed by atoms with Crippen molar-refractivity contribution in [3.63, 3.8) is 0 Å². The quantitative estimate of drug-likeness (QED) is 0.762. The van der Waals surface area contributed by atoms with Gasteiger partial charge in [-0.1, -0.05) is 11.6 Å². The summed E-state index contributed by atoms with van der Waals surface area (Å²) in [5.74, 6) is 0. The van der Waals surface area contributed by atoms with Crippen LogP contribution in [0, 0.1) is 0 Å². The lowest BCUT2D eigenvalue weighted by Crippen LogP contribution is -2.28. The number of rotatable bonds is 5. The third-order valence-electron chi connectivity index (χ3n) is 2.65. The fourth-order valence-corrected chi connectivity index (χ4v) is 4.24. The molecule has 0 aliphatic carbocycles. The number of thiazole rings is 1. The lowest BCUT2D eigenvalue weighted by atomic mass is 10.6. The highest BCUT2D eigenvalue weighted by molar-refractivity contribution is 7.89. The number of hydrogen-bond donors (Lipinski definition) is 1. The van der Waals surface area contributed by atoms with Crippen LogP contribution >= 0.6 is 22.9 Å². The minimum atomic E-state index is -3.71. The zero-order chi connectivity index (χ0) is 14.2. The van der Waals surface area contributed by atoms with Gasteiger partial charge in [-0.15, -0.1) is 11.3 Å². The maximum Gasteiger partial charge on any atom is 0.259 e. The van der Waals surface area contributed by atoms with E-state index in [0.29, 0.717) is 11.5 Å². The molecule has 106 valence electrons. The molecule has 0 saturated heterocycles. The summed E-state index contributed by atoms with van der Waals surface area (Å²) in [6.07, 6.45) is 6.65. The standard InChI is InChI=1S/C10H10ClN5O2S2/c11-8-9(16-5-6-19-10(16)14-8)20(17,18)13-2-4-15-3-1-12-7-15/h1,3,5-7,13H,2,4H2. The minimum Gasteiger partial charge on any atom is -0.336 e. The third kappa shape index (κ3) is 2.44. The lowest BCUT2D eigenvalue weighted by Gasteiger charge is -2.06. The zero-order valence-electron chi connectivity index (χ0n) is 10.1. The molecule has 10 heteroatoms. The predicted octanol–water partition coefficient (Wildman–Crippen LogP) is 1.22. The zero-order valence-corrected chi connectivity index (χ0v) is 12.5. The van der Waals surface area contributed by atoms with Crippen molar-refractivity contribution in [2.24, 2.45) is 0 Å². The molecule has 0 aromatic carbocycles. The van der Waals surface area contributed by atoms with Crippen LogP contribution in [0.2, 0.25) is 5.15 Å². The topological polar surface area (TPSA) is 81.3 Å². The monoisotopic (exact) mass is 331 g/mol. The number of hydrogen-bond acceptors (Lipinski definition) is 5. The number of imidazole rings is 2. The summed E-state index contributed by atoms with van der Waals surface area (Å²) in [5, 5.41) is 1.71. The second-order valence-corrected chi connectivity index (χ2v) is 6.87. The minimum absolute atomic E-state index is 0.0213. The van der Waals surface area contributed by atoms with Crippen LogP contribution in [0.5, 0.6) is 0 Å². The molecular formula is C10H10ClN5O2S2. The lowest BCUT2D eigenvalue weighted by molar-refractivity contribution is 0.568. The van der Waals surface area contributed by atoms with Crippen molar-refractivity contribution in [3.05, 3.63) is 35.5 Å². The molecule has 3 aromatic heterocycles. The molecule has 20 heavy (non-hydrogen) atoms. The molecule has 0 aliphatic rings. The second-order valence-electron chi connectivity index (χ2n) is 3.96. The Kier molecular flexibility index (Phi) is 3.50. The van der Waals surface area contributed by atoms with Crippen LogP contribution in [-0.2, 0) is 16.6 Å². The third-order valence-corrected chi connectivity index (χ3v) is 5.27. The summed E-state index contributed by atoms with van der Waals surface area (Å²) in [7, 11) is -3.71. The van der Waals surface area contributed by atoms with E-state index in [4.69, 9.17) is 11.6 Å². The molecule has 0 aliphatic heterocycles. The van der Waals surface area contributed by atoms with Crippen molar-refractivity contribution < 1.29 is 8.42 Å². The van der Waals surface area contributed by atoms with E-state index in [1.54, 1.807) is 34.9 Å². The van der Waals surface area contributed by atoms with Gasteiger partial charge in [0.2, 0.25) is 0 Å². The van der Waals surface area contributed by atoms with Gasteiger partial charge in [-0.25, -0.2) is 23.1 Å². The van der Waals surface area contributed by atoms with Crippen molar-refractivity contribution in [1.29, 1.82) is 0 Å². The van der Waals surface area contributed by atoms with Crippen LogP contribution in [0.4, 0.5) is 0 Å².